The van der Waals surface area contributed by atoms with E-state index in [4.69, 9.17) is 10.5 Å². The smallest absolute Gasteiger partial charge is 0.164 e. The molecule has 0 aliphatic carbocycles. The molecule has 146 valence electrons. The van der Waals surface area contributed by atoms with Crippen molar-refractivity contribution >= 4 is 11.9 Å². The molecule has 1 aliphatic heterocycles. The van der Waals surface area contributed by atoms with Gasteiger partial charge < -0.3 is 5.32 Å². The lowest BCUT2D eigenvalue weighted by molar-refractivity contribution is -0.121. The Morgan fingerprint density at radius 3 is 2.28 bits per heavy atom. The summed E-state index contributed by atoms with van der Waals surface area (Å²) in [6.07, 6.45) is 2.60. The number of rotatable bonds is 6. The highest BCUT2D eigenvalue weighted by Gasteiger charge is 2.30. The molecule has 2 aromatic rings. The number of benzene rings is 2. The van der Waals surface area contributed by atoms with Gasteiger partial charge in [-0.3, -0.25) is 9.69 Å². The van der Waals surface area contributed by atoms with Crippen molar-refractivity contribution in [3.8, 4) is 12.1 Å². The van der Waals surface area contributed by atoms with Gasteiger partial charge >= 0.3 is 0 Å². The van der Waals surface area contributed by atoms with Gasteiger partial charge in [-0.05, 0) is 54.9 Å². The zero-order valence-corrected chi connectivity index (χ0v) is 16.6. The van der Waals surface area contributed by atoms with Crippen LogP contribution in [-0.4, -0.2) is 43.9 Å². The molecule has 1 fully saturated rings. The molecule has 1 heterocycles. The van der Waals surface area contributed by atoms with Crippen LogP contribution in [0, 0.1) is 28.6 Å². The van der Waals surface area contributed by atoms with Gasteiger partial charge in [0.15, 0.2) is 5.78 Å². The Balaban J connectivity index is 1.82. The van der Waals surface area contributed by atoms with Crippen molar-refractivity contribution in [2.75, 3.05) is 33.2 Å². The second kappa shape index (κ2) is 9.80. The molecule has 0 radical (unpaired) electrons. The number of hydrogen-bond donors (Lipinski definition) is 1. The Bertz CT molecular complexity index is 962. The lowest BCUT2D eigenvalue weighted by Gasteiger charge is -2.33. The third-order valence-corrected chi connectivity index (χ3v) is 5.18. The van der Waals surface area contributed by atoms with Crippen molar-refractivity contribution in [2.24, 2.45) is 5.92 Å². The molecule has 3 rings (SSSR count). The molecule has 1 aliphatic rings. The molecule has 1 N–H and O–H groups in total. The molecule has 0 bridgehead atoms. The zero-order valence-electron chi connectivity index (χ0n) is 16.6. The Labute approximate surface area is 171 Å². The Morgan fingerprint density at radius 2 is 1.69 bits per heavy atom. The van der Waals surface area contributed by atoms with Gasteiger partial charge in [-0.15, -0.1) is 0 Å². The van der Waals surface area contributed by atoms with Crippen LogP contribution < -0.4 is 5.32 Å². The number of nitrogens with zero attached hydrogens (tertiary/aromatic N) is 3. The maximum absolute atomic E-state index is 13.2. The van der Waals surface area contributed by atoms with E-state index in [2.05, 4.69) is 22.4 Å². The molecule has 0 aromatic heterocycles. The predicted molar refractivity (Wildman–Crippen MR) is 113 cm³/mol. The molecule has 0 spiro atoms. The van der Waals surface area contributed by atoms with Crippen LogP contribution in [-0.2, 0) is 11.2 Å². The number of nitriles is 2. The highest BCUT2D eigenvalue weighted by molar-refractivity contribution is 6.02. The highest BCUT2D eigenvalue weighted by Crippen LogP contribution is 2.24. The molecule has 2 aromatic carbocycles. The summed E-state index contributed by atoms with van der Waals surface area (Å²) < 4.78 is 0. The van der Waals surface area contributed by atoms with Crippen LogP contribution in [0.4, 0.5) is 0 Å². The van der Waals surface area contributed by atoms with Crippen molar-refractivity contribution in [2.45, 2.75) is 6.42 Å². The number of hydrogen-bond acceptors (Lipinski definition) is 5. The first-order valence-corrected chi connectivity index (χ1v) is 9.74. The first kappa shape index (κ1) is 20.5. The molecular formula is C24H24N4O. The van der Waals surface area contributed by atoms with Crippen LogP contribution in [0.3, 0.4) is 0 Å². The SMILES string of the molecule is CNCCN1C/C(=C\c2ccc(C#N)cc2)C(=O)C(Cc2ccc(C#N)cc2)C1. The molecular weight excluding hydrogens is 360 g/mol. The van der Waals surface area contributed by atoms with E-state index in [1.54, 1.807) is 24.3 Å². The van der Waals surface area contributed by atoms with Gasteiger partial charge in [-0.1, -0.05) is 24.3 Å². The minimum Gasteiger partial charge on any atom is -0.318 e. The van der Waals surface area contributed by atoms with E-state index >= 15 is 0 Å². The second-order valence-electron chi connectivity index (χ2n) is 7.32. The summed E-state index contributed by atoms with van der Waals surface area (Å²) in [5, 5.41) is 21.1. The normalized spacial score (nSPS) is 18.4. The van der Waals surface area contributed by atoms with Crippen LogP contribution in [0.5, 0.6) is 0 Å². The first-order chi connectivity index (χ1) is 14.1. The van der Waals surface area contributed by atoms with E-state index in [1.165, 1.54) is 0 Å². The largest absolute Gasteiger partial charge is 0.318 e. The number of likely N-dealkylation sites (N-methyl/N-ethyl adjacent to an activating group) is 1. The lowest BCUT2D eigenvalue weighted by atomic mass is 9.86. The number of ketones is 1. The average Bonchev–Trinajstić information content (AvgIpc) is 2.76. The van der Waals surface area contributed by atoms with Crippen LogP contribution in [0.2, 0.25) is 0 Å². The molecule has 29 heavy (non-hydrogen) atoms. The number of carbonyl (C=O) groups excluding carboxylic acids is 1. The molecule has 1 atom stereocenters. The Kier molecular flexibility index (Phi) is 6.92. The van der Waals surface area contributed by atoms with Crippen LogP contribution in [0.1, 0.15) is 22.3 Å². The average molecular weight is 384 g/mol. The molecule has 1 unspecified atom stereocenters. The maximum atomic E-state index is 13.2. The van der Waals surface area contributed by atoms with Crippen LogP contribution >= 0.6 is 0 Å². The first-order valence-electron chi connectivity index (χ1n) is 9.74. The fourth-order valence-corrected chi connectivity index (χ4v) is 3.61. The maximum Gasteiger partial charge on any atom is 0.164 e. The molecule has 1 saturated heterocycles. The van der Waals surface area contributed by atoms with Crippen molar-refractivity contribution in [1.29, 1.82) is 10.5 Å². The van der Waals surface area contributed by atoms with E-state index < -0.39 is 0 Å². The summed E-state index contributed by atoms with van der Waals surface area (Å²) in [6.45, 7) is 3.09. The molecule has 0 saturated carbocycles. The number of likely N-dealkylation sites (tertiary alicyclic amines) is 1. The van der Waals surface area contributed by atoms with Gasteiger partial charge in [0.05, 0.1) is 23.3 Å². The van der Waals surface area contributed by atoms with Crippen molar-refractivity contribution in [1.82, 2.24) is 10.2 Å². The summed E-state index contributed by atoms with van der Waals surface area (Å²) >= 11 is 0. The Morgan fingerprint density at radius 1 is 1.07 bits per heavy atom. The van der Waals surface area contributed by atoms with Gasteiger partial charge in [0.25, 0.3) is 0 Å². The van der Waals surface area contributed by atoms with Gasteiger partial charge in [-0.2, -0.15) is 10.5 Å². The minimum absolute atomic E-state index is 0.113. The van der Waals surface area contributed by atoms with E-state index in [0.717, 1.165) is 36.3 Å². The number of Topliss-reactive ketones (excluding diaryl/α,β-unsaturated/α-hetero) is 1. The summed E-state index contributed by atoms with van der Waals surface area (Å²) in [5.41, 5.74) is 4.03. The number of nitrogens with one attached hydrogen (secondary N) is 1. The quantitative estimate of drug-likeness (QED) is 0.775. The molecule has 5 heteroatoms. The van der Waals surface area contributed by atoms with E-state index in [0.29, 0.717) is 24.1 Å². The van der Waals surface area contributed by atoms with E-state index in [-0.39, 0.29) is 11.7 Å². The Hall–Kier alpha value is -3.25. The molecule has 5 nitrogen and oxygen atoms in total. The summed E-state index contributed by atoms with van der Waals surface area (Å²) in [7, 11) is 1.93. The van der Waals surface area contributed by atoms with E-state index in [9.17, 15) is 4.79 Å². The fourth-order valence-electron chi connectivity index (χ4n) is 3.61. The topological polar surface area (TPSA) is 79.9 Å². The summed E-state index contributed by atoms with van der Waals surface area (Å²) in [5.74, 6) is 0.0672. The summed E-state index contributed by atoms with van der Waals surface area (Å²) in [4.78, 5) is 15.5. The van der Waals surface area contributed by atoms with Crippen molar-refractivity contribution < 1.29 is 4.79 Å². The van der Waals surface area contributed by atoms with Crippen LogP contribution in [0.15, 0.2) is 54.1 Å². The third kappa shape index (κ3) is 5.39. The van der Waals surface area contributed by atoms with Gasteiger partial charge in [0.2, 0.25) is 0 Å². The second-order valence-corrected chi connectivity index (χ2v) is 7.32. The third-order valence-electron chi connectivity index (χ3n) is 5.18. The van der Waals surface area contributed by atoms with E-state index in [1.807, 2.05) is 37.4 Å². The molecule has 0 amide bonds. The zero-order chi connectivity index (χ0) is 20.6. The van der Waals surface area contributed by atoms with Crippen molar-refractivity contribution in [3.05, 3.63) is 76.4 Å². The van der Waals surface area contributed by atoms with Crippen LogP contribution in [0.25, 0.3) is 6.08 Å². The number of carbonyl (C=O) groups is 1. The van der Waals surface area contributed by atoms with Crippen molar-refractivity contribution in [3.63, 3.8) is 0 Å². The monoisotopic (exact) mass is 384 g/mol. The lowest BCUT2D eigenvalue weighted by Crippen LogP contribution is -2.45. The highest BCUT2D eigenvalue weighted by atomic mass is 16.1. The van der Waals surface area contributed by atoms with Gasteiger partial charge in [0.1, 0.15) is 0 Å². The number of piperidine rings is 1. The minimum atomic E-state index is -0.113. The van der Waals surface area contributed by atoms with Gasteiger partial charge in [-0.25, -0.2) is 0 Å². The van der Waals surface area contributed by atoms with Gasteiger partial charge in [0, 0.05) is 37.7 Å². The predicted octanol–water partition coefficient (Wildman–Crippen LogP) is 2.78. The fraction of sp³-hybridized carbons (Fsp3) is 0.292. The standard InChI is InChI=1S/C24H24N4O/c1-27-10-11-28-16-22(12-18-2-6-20(14-25)7-3-18)24(29)23(17-28)13-19-4-8-21(15-26)9-5-19/h2-9,12,23,27H,10-11,13,16-17H2,1H3/b22-12+. The summed E-state index contributed by atoms with van der Waals surface area (Å²) in [6, 6.07) is 19.0.